The molecule has 0 radical (unpaired) electrons. The Morgan fingerprint density at radius 3 is 2.71 bits per heavy atom. The predicted molar refractivity (Wildman–Crippen MR) is 86.0 cm³/mol. The molecule has 2 rings (SSSR count). The Bertz CT molecular complexity index is 441. The largest absolute Gasteiger partial charge is 0.494 e. The van der Waals surface area contributed by atoms with E-state index < -0.39 is 0 Å². The molecule has 0 bridgehead atoms. The molecule has 1 fully saturated rings. The number of Topliss-reactive ketones (excluding diaryl/α,β-unsaturated/α-hetero) is 1. The molecule has 0 unspecified atom stereocenters. The number of unbranched alkanes of at least 4 members (excludes halogenated alkanes) is 1. The average Bonchev–Trinajstić information content (AvgIpc) is 2.47. The monoisotopic (exact) mass is 289 g/mol. The summed E-state index contributed by atoms with van der Waals surface area (Å²) in [6.07, 6.45) is 5.01. The molecule has 1 atom stereocenters. The second-order valence-corrected chi connectivity index (χ2v) is 6.18. The molecule has 0 aliphatic carbocycles. The molecule has 1 aliphatic rings. The predicted octanol–water partition coefficient (Wildman–Crippen LogP) is 3.78. The summed E-state index contributed by atoms with van der Waals surface area (Å²) in [7, 11) is 0. The first-order chi connectivity index (χ1) is 10.1. The minimum absolute atomic E-state index is 0.0947. The molecular formula is C18H27NO2. The lowest BCUT2D eigenvalue weighted by atomic mass is 10.0. The summed E-state index contributed by atoms with van der Waals surface area (Å²) in [4.78, 5) is 13.8. The van der Waals surface area contributed by atoms with Crippen LogP contribution in [0.4, 0.5) is 0 Å². The van der Waals surface area contributed by atoms with Crippen LogP contribution in [0.5, 0.6) is 5.75 Å². The van der Waals surface area contributed by atoms with Crippen LogP contribution >= 0.6 is 0 Å². The molecule has 3 heteroatoms. The maximum absolute atomic E-state index is 11.2. The van der Waals surface area contributed by atoms with E-state index in [2.05, 4.69) is 11.8 Å². The van der Waals surface area contributed by atoms with E-state index in [1.807, 2.05) is 24.3 Å². The molecular weight excluding hydrogens is 262 g/mol. The zero-order valence-electron chi connectivity index (χ0n) is 13.3. The van der Waals surface area contributed by atoms with E-state index in [0.29, 0.717) is 0 Å². The number of benzene rings is 1. The molecule has 1 saturated heterocycles. The summed E-state index contributed by atoms with van der Waals surface area (Å²) in [6.45, 7) is 8.39. The van der Waals surface area contributed by atoms with Crippen LogP contribution in [0.1, 0.15) is 49.9 Å². The number of carbonyl (C=O) groups excluding carboxylic acids is 1. The number of nitrogens with zero attached hydrogens (tertiary/aromatic N) is 1. The van der Waals surface area contributed by atoms with Gasteiger partial charge in [0.2, 0.25) is 0 Å². The zero-order valence-corrected chi connectivity index (χ0v) is 13.3. The minimum Gasteiger partial charge on any atom is -0.494 e. The number of piperidine rings is 1. The van der Waals surface area contributed by atoms with Gasteiger partial charge < -0.3 is 9.64 Å². The summed E-state index contributed by atoms with van der Waals surface area (Å²) in [5.74, 6) is 1.80. The lowest BCUT2D eigenvalue weighted by molar-refractivity contribution is 0.101. The second-order valence-electron chi connectivity index (χ2n) is 6.18. The fourth-order valence-electron chi connectivity index (χ4n) is 2.90. The zero-order chi connectivity index (χ0) is 15.1. The number of likely N-dealkylation sites (tertiary alicyclic amines) is 1. The van der Waals surface area contributed by atoms with Crippen LogP contribution in [0.2, 0.25) is 0 Å². The highest BCUT2D eigenvalue weighted by Gasteiger charge is 2.15. The fourth-order valence-corrected chi connectivity index (χ4v) is 2.90. The topological polar surface area (TPSA) is 29.5 Å². The van der Waals surface area contributed by atoms with Gasteiger partial charge in [-0.25, -0.2) is 0 Å². The van der Waals surface area contributed by atoms with E-state index >= 15 is 0 Å². The van der Waals surface area contributed by atoms with Gasteiger partial charge in [-0.05, 0) is 75.9 Å². The van der Waals surface area contributed by atoms with Gasteiger partial charge in [0.15, 0.2) is 5.78 Å². The third-order valence-electron chi connectivity index (χ3n) is 4.14. The van der Waals surface area contributed by atoms with Crippen molar-refractivity contribution < 1.29 is 9.53 Å². The Balaban J connectivity index is 1.60. The summed E-state index contributed by atoms with van der Waals surface area (Å²) >= 11 is 0. The lowest BCUT2D eigenvalue weighted by Crippen LogP contribution is -2.35. The number of carbonyl (C=O) groups is 1. The first-order valence-corrected chi connectivity index (χ1v) is 8.11. The van der Waals surface area contributed by atoms with Crippen molar-refractivity contribution in [3.8, 4) is 5.75 Å². The minimum atomic E-state index is 0.0947. The lowest BCUT2D eigenvalue weighted by Gasteiger charge is -2.30. The SMILES string of the molecule is CC(=O)c1ccc(OCCCCN2CCC[C@@H](C)C2)cc1. The maximum atomic E-state index is 11.2. The highest BCUT2D eigenvalue weighted by molar-refractivity contribution is 5.94. The number of ether oxygens (including phenoxy) is 1. The van der Waals surface area contributed by atoms with Gasteiger partial charge in [0.25, 0.3) is 0 Å². The van der Waals surface area contributed by atoms with Crippen molar-refractivity contribution in [1.82, 2.24) is 4.90 Å². The van der Waals surface area contributed by atoms with E-state index in [1.54, 1.807) is 6.92 Å². The highest BCUT2D eigenvalue weighted by Crippen LogP contribution is 2.16. The number of hydrogen-bond donors (Lipinski definition) is 0. The van der Waals surface area contributed by atoms with Crippen LogP contribution in [-0.2, 0) is 0 Å². The van der Waals surface area contributed by atoms with Gasteiger partial charge in [0.05, 0.1) is 6.61 Å². The van der Waals surface area contributed by atoms with Crippen molar-refractivity contribution in [1.29, 1.82) is 0 Å². The van der Waals surface area contributed by atoms with E-state index in [0.717, 1.165) is 30.3 Å². The van der Waals surface area contributed by atoms with Crippen LogP contribution in [-0.4, -0.2) is 36.9 Å². The van der Waals surface area contributed by atoms with E-state index in [-0.39, 0.29) is 5.78 Å². The van der Waals surface area contributed by atoms with Crippen LogP contribution in [0.25, 0.3) is 0 Å². The standard InChI is InChI=1S/C18H27NO2/c1-15-6-5-12-19(14-15)11-3-4-13-21-18-9-7-17(8-10-18)16(2)20/h7-10,15H,3-6,11-14H2,1-2H3/t15-/m1/s1. The van der Waals surface area contributed by atoms with Crippen LogP contribution in [0.15, 0.2) is 24.3 Å². The van der Waals surface area contributed by atoms with Crippen molar-refractivity contribution in [3.63, 3.8) is 0 Å². The van der Waals surface area contributed by atoms with Crippen LogP contribution in [0, 0.1) is 5.92 Å². The van der Waals surface area contributed by atoms with Crippen molar-refractivity contribution in [3.05, 3.63) is 29.8 Å². The summed E-state index contributed by atoms with van der Waals surface area (Å²) in [6, 6.07) is 7.41. The van der Waals surface area contributed by atoms with Crippen LogP contribution < -0.4 is 4.74 Å². The van der Waals surface area contributed by atoms with Gasteiger partial charge in [0, 0.05) is 12.1 Å². The van der Waals surface area contributed by atoms with Crippen molar-refractivity contribution >= 4 is 5.78 Å². The Morgan fingerprint density at radius 1 is 1.29 bits per heavy atom. The van der Waals surface area contributed by atoms with Gasteiger partial charge in [-0.2, -0.15) is 0 Å². The number of ketones is 1. The Labute approximate surface area is 128 Å². The molecule has 0 amide bonds. The quantitative estimate of drug-likeness (QED) is 0.565. The van der Waals surface area contributed by atoms with E-state index in [9.17, 15) is 4.79 Å². The summed E-state index contributed by atoms with van der Waals surface area (Å²) < 4.78 is 5.72. The molecule has 0 N–H and O–H groups in total. The molecule has 1 aromatic carbocycles. The first-order valence-electron chi connectivity index (χ1n) is 8.11. The summed E-state index contributed by atoms with van der Waals surface area (Å²) in [5.41, 5.74) is 0.738. The molecule has 1 aromatic rings. The molecule has 1 aliphatic heterocycles. The van der Waals surface area contributed by atoms with Crippen molar-refractivity contribution in [2.75, 3.05) is 26.2 Å². The van der Waals surface area contributed by atoms with Crippen molar-refractivity contribution in [2.24, 2.45) is 5.92 Å². The van der Waals surface area contributed by atoms with E-state index in [4.69, 9.17) is 4.74 Å². The van der Waals surface area contributed by atoms with Gasteiger partial charge in [0.1, 0.15) is 5.75 Å². The maximum Gasteiger partial charge on any atom is 0.159 e. The molecule has 3 nitrogen and oxygen atoms in total. The van der Waals surface area contributed by atoms with Gasteiger partial charge in [-0.15, -0.1) is 0 Å². The third kappa shape index (κ3) is 5.50. The Kier molecular flexibility index (Phi) is 6.24. The highest BCUT2D eigenvalue weighted by atomic mass is 16.5. The Morgan fingerprint density at radius 2 is 2.05 bits per heavy atom. The fraction of sp³-hybridized carbons (Fsp3) is 0.611. The second kappa shape index (κ2) is 8.18. The first kappa shape index (κ1) is 16.0. The molecule has 21 heavy (non-hydrogen) atoms. The molecule has 116 valence electrons. The molecule has 0 aromatic heterocycles. The molecule has 0 spiro atoms. The third-order valence-corrected chi connectivity index (χ3v) is 4.14. The van der Waals surface area contributed by atoms with Gasteiger partial charge in [-0.3, -0.25) is 4.79 Å². The van der Waals surface area contributed by atoms with Crippen molar-refractivity contribution in [2.45, 2.75) is 39.5 Å². The Hall–Kier alpha value is -1.35. The summed E-state index contributed by atoms with van der Waals surface area (Å²) in [5, 5.41) is 0. The normalized spacial score (nSPS) is 19.4. The van der Waals surface area contributed by atoms with Crippen LogP contribution in [0.3, 0.4) is 0 Å². The number of rotatable bonds is 7. The van der Waals surface area contributed by atoms with E-state index in [1.165, 1.54) is 38.9 Å². The molecule has 1 heterocycles. The molecule has 0 saturated carbocycles. The van der Waals surface area contributed by atoms with Gasteiger partial charge in [-0.1, -0.05) is 6.92 Å². The average molecular weight is 289 g/mol. The van der Waals surface area contributed by atoms with Gasteiger partial charge >= 0.3 is 0 Å². The number of hydrogen-bond acceptors (Lipinski definition) is 3. The smallest absolute Gasteiger partial charge is 0.159 e.